The number of carbonyl (C=O) groups is 1. The first kappa shape index (κ1) is 16.7. The molecule has 0 radical (unpaired) electrons. The Morgan fingerprint density at radius 3 is 2.16 bits per heavy atom. The van der Waals surface area contributed by atoms with Gasteiger partial charge in [0.1, 0.15) is 9.84 Å². The molecule has 0 bridgehead atoms. The van der Waals surface area contributed by atoms with Crippen molar-refractivity contribution < 1.29 is 13.2 Å². The maximum Gasteiger partial charge on any atom is 0.240 e. The van der Waals surface area contributed by atoms with E-state index >= 15 is 0 Å². The molecule has 3 N–H and O–H groups in total. The zero-order valence-corrected chi connectivity index (χ0v) is 12.9. The molecule has 0 aromatic carbocycles. The van der Waals surface area contributed by atoms with Crippen LogP contribution in [0.15, 0.2) is 0 Å². The fraction of sp³-hybridized carbons (Fsp3) is 0.917. The first-order valence-electron chi connectivity index (χ1n) is 6.50. The summed E-state index contributed by atoms with van der Waals surface area (Å²) in [6.45, 7) is 0.442. The molecule has 0 unspecified atom stereocenters. The highest BCUT2D eigenvalue weighted by Gasteiger charge is 2.46. The van der Waals surface area contributed by atoms with Gasteiger partial charge in [-0.3, -0.25) is 4.79 Å². The first-order valence-corrected chi connectivity index (χ1v) is 8.56. The van der Waals surface area contributed by atoms with Gasteiger partial charge in [0.05, 0.1) is 11.3 Å². The topological polar surface area (TPSA) is 89.3 Å². The van der Waals surface area contributed by atoms with Crippen molar-refractivity contribution in [3.63, 3.8) is 0 Å². The van der Waals surface area contributed by atoms with E-state index in [1.54, 1.807) is 0 Å². The lowest BCUT2D eigenvalue weighted by atomic mass is 9.97. The maximum absolute atomic E-state index is 12.0. The van der Waals surface area contributed by atoms with Crippen molar-refractivity contribution in [3.05, 3.63) is 0 Å². The highest BCUT2D eigenvalue weighted by Crippen LogP contribution is 2.46. The van der Waals surface area contributed by atoms with Gasteiger partial charge in [-0.25, -0.2) is 8.42 Å². The van der Waals surface area contributed by atoms with E-state index in [1.165, 1.54) is 6.26 Å². The predicted molar refractivity (Wildman–Crippen MR) is 77.0 cm³/mol. The van der Waals surface area contributed by atoms with Gasteiger partial charge in [0, 0.05) is 18.2 Å². The molecule has 0 aliphatic heterocycles. The van der Waals surface area contributed by atoms with E-state index < -0.39 is 15.4 Å². The van der Waals surface area contributed by atoms with Gasteiger partial charge in [0.15, 0.2) is 0 Å². The normalized spacial score (nSPS) is 23.5. The summed E-state index contributed by atoms with van der Waals surface area (Å²) in [7, 11) is -2.98. The molecule has 0 saturated heterocycles. The van der Waals surface area contributed by atoms with Crippen molar-refractivity contribution in [2.75, 3.05) is 18.6 Å². The molecule has 0 atom stereocenters. The molecular formula is C12H23ClN2O3S. The van der Waals surface area contributed by atoms with Gasteiger partial charge < -0.3 is 11.1 Å². The van der Waals surface area contributed by atoms with Crippen LogP contribution in [-0.4, -0.2) is 38.4 Å². The minimum Gasteiger partial charge on any atom is -0.354 e. The van der Waals surface area contributed by atoms with E-state index in [4.69, 9.17) is 5.73 Å². The largest absolute Gasteiger partial charge is 0.354 e. The number of rotatable bonds is 5. The number of sulfone groups is 1. The number of carbonyl (C=O) groups excluding carboxylic acids is 1. The SMILES string of the molecule is CS(=O)(=O)CC1(CNC(=O)C2(N)CCCC2)CC1.Cl. The van der Waals surface area contributed by atoms with Gasteiger partial charge in [-0.2, -0.15) is 0 Å². The molecule has 112 valence electrons. The average Bonchev–Trinajstić information content (AvgIpc) is 2.84. The molecule has 0 aromatic heterocycles. The summed E-state index contributed by atoms with van der Waals surface area (Å²) in [5.41, 5.74) is 5.10. The van der Waals surface area contributed by atoms with Crippen LogP contribution in [0.1, 0.15) is 38.5 Å². The van der Waals surface area contributed by atoms with Crippen molar-refractivity contribution >= 4 is 28.2 Å². The number of hydrogen-bond donors (Lipinski definition) is 2. The first-order chi connectivity index (χ1) is 8.25. The van der Waals surface area contributed by atoms with Gasteiger partial charge in [-0.1, -0.05) is 12.8 Å². The fourth-order valence-electron chi connectivity index (χ4n) is 2.78. The number of nitrogens with one attached hydrogen (secondary N) is 1. The van der Waals surface area contributed by atoms with E-state index in [-0.39, 0.29) is 29.5 Å². The smallest absolute Gasteiger partial charge is 0.240 e. The van der Waals surface area contributed by atoms with Crippen molar-refractivity contribution in [1.82, 2.24) is 5.32 Å². The molecule has 0 aromatic rings. The van der Waals surface area contributed by atoms with E-state index in [0.717, 1.165) is 38.5 Å². The summed E-state index contributed by atoms with van der Waals surface area (Å²) in [6, 6.07) is 0. The van der Waals surface area contributed by atoms with Crippen LogP contribution in [0, 0.1) is 5.41 Å². The van der Waals surface area contributed by atoms with Gasteiger partial charge in [0.25, 0.3) is 0 Å². The van der Waals surface area contributed by atoms with Crippen LogP contribution in [0.3, 0.4) is 0 Å². The molecule has 0 spiro atoms. The molecule has 2 aliphatic carbocycles. The molecule has 5 nitrogen and oxygen atoms in total. The third kappa shape index (κ3) is 4.33. The van der Waals surface area contributed by atoms with Crippen molar-refractivity contribution in [3.8, 4) is 0 Å². The molecule has 1 amide bonds. The van der Waals surface area contributed by atoms with E-state index in [0.29, 0.717) is 6.54 Å². The highest BCUT2D eigenvalue weighted by atomic mass is 35.5. The molecule has 7 heteroatoms. The van der Waals surface area contributed by atoms with E-state index in [2.05, 4.69) is 5.32 Å². The van der Waals surface area contributed by atoms with E-state index in [1.807, 2.05) is 0 Å². The van der Waals surface area contributed by atoms with Crippen LogP contribution in [0.25, 0.3) is 0 Å². The van der Waals surface area contributed by atoms with Crippen LogP contribution in [-0.2, 0) is 14.6 Å². The lowest BCUT2D eigenvalue weighted by molar-refractivity contribution is -0.126. The zero-order chi connectivity index (χ0) is 13.4. The second-order valence-electron chi connectivity index (χ2n) is 6.12. The third-order valence-electron chi connectivity index (χ3n) is 4.10. The molecule has 2 fully saturated rings. The molecule has 0 heterocycles. The monoisotopic (exact) mass is 310 g/mol. The molecule has 2 aliphatic rings. The summed E-state index contributed by atoms with van der Waals surface area (Å²) < 4.78 is 22.6. The minimum atomic E-state index is -2.98. The van der Waals surface area contributed by atoms with Gasteiger partial charge >= 0.3 is 0 Å². The summed E-state index contributed by atoms with van der Waals surface area (Å²) >= 11 is 0. The van der Waals surface area contributed by atoms with Crippen molar-refractivity contribution in [2.45, 2.75) is 44.1 Å². The summed E-state index contributed by atoms with van der Waals surface area (Å²) in [5.74, 6) is 0.0532. The van der Waals surface area contributed by atoms with Gasteiger partial charge in [-0.15, -0.1) is 12.4 Å². The summed E-state index contributed by atoms with van der Waals surface area (Å²) in [5, 5.41) is 2.86. The van der Waals surface area contributed by atoms with Crippen LogP contribution in [0.2, 0.25) is 0 Å². The highest BCUT2D eigenvalue weighted by molar-refractivity contribution is 7.90. The van der Waals surface area contributed by atoms with Crippen LogP contribution >= 0.6 is 12.4 Å². The Balaban J connectivity index is 0.00000180. The summed E-state index contributed by atoms with van der Waals surface area (Å²) in [4.78, 5) is 12.0. The number of hydrogen-bond acceptors (Lipinski definition) is 4. The maximum atomic E-state index is 12.0. The Labute approximate surface area is 121 Å². The molecule has 19 heavy (non-hydrogen) atoms. The predicted octanol–water partition coefficient (Wildman–Crippen LogP) is 0.621. The third-order valence-corrected chi connectivity index (χ3v) is 5.23. The van der Waals surface area contributed by atoms with Gasteiger partial charge in [-0.05, 0) is 25.7 Å². The Morgan fingerprint density at radius 2 is 1.74 bits per heavy atom. The Kier molecular flexibility index (Phi) is 4.91. The standard InChI is InChI=1S/C12H22N2O3S.ClH/c1-18(16,17)9-11(6-7-11)8-14-10(15)12(13)4-2-3-5-12;/h2-9,13H2,1H3,(H,14,15);1H. The van der Waals surface area contributed by atoms with Gasteiger partial charge in [0.2, 0.25) is 5.91 Å². The number of amides is 1. The van der Waals surface area contributed by atoms with E-state index in [9.17, 15) is 13.2 Å². The Hall–Kier alpha value is -0.330. The van der Waals surface area contributed by atoms with Crippen molar-refractivity contribution in [2.24, 2.45) is 11.1 Å². The number of halogens is 1. The second-order valence-corrected chi connectivity index (χ2v) is 8.26. The summed E-state index contributed by atoms with van der Waals surface area (Å²) in [6.07, 6.45) is 6.46. The molecule has 2 saturated carbocycles. The zero-order valence-electron chi connectivity index (χ0n) is 11.3. The number of nitrogens with two attached hydrogens (primary N) is 1. The average molecular weight is 311 g/mol. The van der Waals surface area contributed by atoms with Crippen LogP contribution < -0.4 is 11.1 Å². The molecular weight excluding hydrogens is 288 g/mol. The van der Waals surface area contributed by atoms with Crippen LogP contribution in [0.5, 0.6) is 0 Å². The van der Waals surface area contributed by atoms with Crippen molar-refractivity contribution in [1.29, 1.82) is 0 Å². The quantitative estimate of drug-likeness (QED) is 0.779. The minimum absolute atomic E-state index is 0. The Bertz CT molecular complexity index is 440. The second kappa shape index (κ2) is 5.58. The lowest BCUT2D eigenvalue weighted by Crippen LogP contribution is -2.53. The fourth-order valence-corrected chi connectivity index (χ4v) is 4.28. The molecule has 2 rings (SSSR count). The van der Waals surface area contributed by atoms with Crippen LogP contribution in [0.4, 0.5) is 0 Å². The lowest BCUT2D eigenvalue weighted by Gasteiger charge is -2.24. The Morgan fingerprint density at radius 1 is 1.21 bits per heavy atom.